The van der Waals surface area contributed by atoms with E-state index in [0.29, 0.717) is 6.42 Å². The van der Waals surface area contributed by atoms with Gasteiger partial charge in [0.15, 0.2) is 6.29 Å². The molecule has 0 aliphatic carbocycles. The van der Waals surface area contributed by atoms with Crippen LogP contribution in [-0.2, 0) is 9.53 Å². The van der Waals surface area contributed by atoms with Gasteiger partial charge in [0.25, 0.3) is 0 Å². The van der Waals surface area contributed by atoms with Crippen LogP contribution in [0.4, 0.5) is 0 Å². The molecule has 0 aromatic rings. The minimum Gasteiger partial charge on any atom is -0.481 e. The van der Waals surface area contributed by atoms with Crippen LogP contribution in [0.15, 0.2) is 0 Å². The van der Waals surface area contributed by atoms with Crippen molar-refractivity contribution in [2.45, 2.75) is 52.4 Å². The molecule has 0 aliphatic rings. The SMILES string of the molecule is CCC(CC(O)OC(C)(C)C)C(=O)O. The van der Waals surface area contributed by atoms with E-state index in [0.717, 1.165) is 0 Å². The molecular formula is C10H20O4. The molecular weight excluding hydrogens is 184 g/mol. The summed E-state index contributed by atoms with van der Waals surface area (Å²) in [6.07, 6.45) is -0.362. The highest BCUT2D eigenvalue weighted by atomic mass is 16.6. The molecule has 0 aromatic heterocycles. The number of aliphatic carboxylic acids is 1. The second-order valence-corrected chi connectivity index (χ2v) is 4.36. The number of ether oxygens (including phenoxy) is 1. The summed E-state index contributed by atoms with van der Waals surface area (Å²) >= 11 is 0. The molecule has 0 rings (SSSR count). The van der Waals surface area contributed by atoms with Gasteiger partial charge in [-0.05, 0) is 27.2 Å². The van der Waals surface area contributed by atoms with E-state index in [1.165, 1.54) is 0 Å². The Balaban J connectivity index is 4.03. The number of aliphatic hydroxyl groups is 1. The number of hydrogen-bond donors (Lipinski definition) is 2. The van der Waals surface area contributed by atoms with E-state index in [9.17, 15) is 9.90 Å². The normalized spacial score (nSPS) is 16.4. The van der Waals surface area contributed by atoms with Crippen LogP contribution >= 0.6 is 0 Å². The van der Waals surface area contributed by atoms with Crippen molar-refractivity contribution in [2.24, 2.45) is 5.92 Å². The lowest BCUT2D eigenvalue weighted by Crippen LogP contribution is -2.30. The molecule has 0 saturated carbocycles. The van der Waals surface area contributed by atoms with Crippen LogP contribution in [0.5, 0.6) is 0 Å². The summed E-state index contributed by atoms with van der Waals surface area (Å²) in [6.45, 7) is 7.23. The van der Waals surface area contributed by atoms with Crippen molar-refractivity contribution >= 4 is 5.97 Å². The molecule has 0 fully saturated rings. The Morgan fingerprint density at radius 3 is 2.21 bits per heavy atom. The van der Waals surface area contributed by atoms with E-state index in [4.69, 9.17) is 9.84 Å². The van der Waals surface area contributed by atoms with Crippen LogP contribution in [0, 0.1) is 5.92 Å². The topological polar surface area (TPSA) is 66.8 Å². The first-order valence-electron chi connectivity index (χ1n) is 4.85. The van der Waals surface area contributed by atoms with E-state index in [1.807, 2.05) is 20.8 Å². The molecule has 0 aliphatic heterocycles. The molecule has 0 heterocycles. The maximum Gasteiger partial charge on any atom is 0.306 e. The lowest BCUT2D eigenvalue weighted by molar-refractivity contribution is -0.179. The Labute approximate surface area is 84.9 Å². The average Bonchev–Trinajstić information content (AvgIpc) is 1.96. The van der Waals surface area contributed by atoms with Gasteiger partial charge in [0.2, 0.25) is 0 Å². The van der Waals surface area contributed by atoms with Crippen molar-refractivity contribution in [1.82, 2.24) is 0 Å². The first kappa shape index (κ1) is 13.4. The molecule has 0 amide bonds. The Morgan fingerprint density at radius 1 is 1.43 bits per heavy atom. The molecule has 4 heteroatoms. The van der Waals surface area contributed by atoms with E-state index in [2.05, 4.69) is 0 Å². The fraction of sp³-hybridized carbons (Fsp3) is 0.900. The molecule has 0 saturated heterocycles. The fourth-order valence-electron chi connectivity index (χ4n) is 1.14. The van der Waals surface area contributed by atoms with Crippen molar-refractivity contribution < 1.29 is 19.7 Å². The Morgan fingerprint density at radius 2 is 1.93 bits per heavy atom. The van der Waals surface area contributed by atoms with Crippen molar-refractivity contribution in [2.75, 3.05) is 0 Å². The number of carbonyl (C=O) groups is 1. The number of carboxylic acid groups (broad SMARTS) is 1. The summed E-state index contributed by atoms with van der Waals surface area (Å²) in [4.78, 5) is 10.7. The average molecular weight is 204 g/mol. The van der Waals surface area contributed by atoms with Crippen LogP contribution < -0.4 is 0 Å². The Hall–Kier alpha value is -0.610. The summed E-state index contributed by atoms with van der Waals surface area (Å²) in [5.74, 6) is -1.42. The standard InChI is InChI=1S/C10H20O4/c1-5-7(9(12)13)6-8(11)14-10(2,3)4/h7-8,11H,5-6H2,1-4H3,(H,12,13). The summed E-state index contributed by atoms with van der Waals surface area (Å²) in [6, 6.07) is 0. The van der Waals surface area contributed by atoms with Gasteiger partial charge in [-0.2, -0.15) is 0 Å². The highest BCUT2D eigenvalue weighted by Crippen LogP contribution is 2.17. The minimum absolute atomic E-state index is 0.142. The molecule has 4 nitrogen and oxygen atoms in total. The van der Waals surface area contributed by atoms with E-state index < -0.39 is 23.8 Å². The van der Waals surface area contributed by atoms with Crippen LogP contribution in [0.1, 0.15) is 40.5 Å². The zero-order valence-electron chi connectivity index (χ0n) is 9.28. The maximum atomic E-state index is 10.7. The zero-order chi connectivity index (χ0) is 11.4. The van der Waals surface area contributed by atoms with E-state index in [1.54, 1.807) is 6.92 Å². The lowest BCUT2D eigenvalue weighted by Gasteiger charge is -2.25. The third kappa shape index (κ3) is 5.94. The number of aliphatic hydroxyl groups excluding tert-OH is 1. The summed E-state index contributed by atoms with van der Waals surface area (Å²) in [5, 5.41) is 18.2. The predicted octanol–water partition coefficient (Wildman–Crippen LogP) is 1.62. The van der Waals surface area contributed by atoms with Gasteiger partial charge in [-0.3, -0.25) is 4.79 Å². The smallest absolute Gasteiger partial charge is 0.306 e. The molecule has 0 bridgehead atoms. The third-order valence-corrected chi connectivity index (χ3v) is 1.82. The molecule has 0 aromatic carbocycles. The first-order valence-corrected chi connectivity index (χ1v) is 4.85. The second-order valence-electron chi connectivity index (χ2n) is 4.36. The quantitative estimate of drug-likeness (QED) is 0.668. The molecule has 84 valence electrons. The molecule has 2 N–H and O–H groups in total. The van der Waals surface area contributed by atoms with Crippen molar-refractivity contribution in [1.29, 1.82) is 0 Å². The summed E-state index contributed by atoms with van der Waals surface area (Å²) < 4.78 is 5.21. The molecule has 14 heavy (non-hydrogen) atoms. The van der Waals surface area contributed by atoms with Crippen LogP contribution in [0.25, 0.3) is 0 Å². The molecule has 0 radical (unpaired) electrons. The third-order valence-electron chi connectivity index (χ3n) is 1.82. The van der Waals surface area contributed by atoms with Gasteiger partial charge in [-0.25, -0.2) is 0 Å². The molecule has 2 unspecified atom stereocenters. The van der Waals surface area contributed by atoms with Gasteiger partial charge in [0, 0.05) is 6.42 Å². The second kappa shape index (κ2) is 5.32. The largest absolute Gasteiger partial charge is 0.481 e. The number of carboxylic acids is 1. The highest BCUT2D eigenvalue weighted by molar-refractivity contribution is 5.69. The zero-order valence-corrected chi connectivity index (χ0v) is 9.28. The first-order chi connectivity index (χ1) is 6.26. The molecule has 0 spiro atoms. The van der Waals surface area contributed by atoms with Gasteiger partial charge in [-0.1, -0.05) is 6.92 Å². The van der Waals surface area contributed by atoms with Crippen molar-refractivity contribution in [3.8, 4) is 0 Å². The van der Waals surface area contributed by atoms with Gasteiger partial charge in [-0.15, -0.1) is 0 Å². The number of hydrogen-bond acceptors (Lipinski definition) is 3. The Bertz CT molecular complexity index is 183. The van der Waals surface area contributed by atoms with Crippen molar-refractivity contribution in [3.05, 3.63) is 0 Å². The van der Waals surface area contributed by atoms with E-state index >= 15 is 0 Å². The van der Waals surface area contributed by atoms with Crippen LogP contribution in [-0.4, -0.2) is 28.1 Å². The van der Waals surface area contributed by atoms with Gasteiger partial charge in [0.1, 0.15) is 0 Å². The van der Waals surface area contributed by atoms with E-state index in [-0.39, 0.29) is 6.42 Å². The summed E-state index contributed by atoms with van der Waals surface area (Å²) in [7, 11) is 0. The fourth-order valence-corrected chi connectivity index (χ4v) is 1.14. The molecule has 2 atom stereocenters. The minimum atomic E-state index is -1.00. The van der Waals surface area contributed by atoms with Gasteiger partial charge < -0.3 is 14.9 Å². The highest BCUT2D eigenvalue weighted by Gasteiger charge is 2.23. The Kier molecular flexibility index (Phi) is 5.08. The van der Waals surface area contributed by atoms with Gasteiger partial charge in [0.05, 0.1) is 11.5 Å². The lowest BCUT2D eigenvalue weighted by atomic mass is 10.0. The van der Waals surface area contributed by atoms with Crippen LogP contribution in [0.2, 0.25) is 0 Å². The summed E-state index contributed by atoms with van der Waals surface area (Å²) in [5.41, 5.74) is -0.448. The van der Waals surface area contributed by atoms with Gasteiger partial charge >= 0.3 is 5.97 Å². The number of rotatable bonds is 5. The predicted molar refractivity (Wildman–Crippen MR) is 52.9 cm³/mol. The van der Waals surface area contributed by atoms with Crippen molar-refractivity contribution in [3.63, 3.8) is 0 Å². The van der Waals surface area contributed by atoms with Crippen LogP contribution in [0.3, 0.4) is 0 Å². The maximum absolute atomic E-state index is 10.7. The monoisotopic (exact) mass is 204 g/mol.